The molecule has 3 aromatic rings. The third kappa shape index (κ3) is 3.37. The van der Waals surface area contributed by atoms with Gasteiger partial charge in [0.05, 0.1) is 18.4 Å². The first kappa shape index (κ1) is 14.8. The van der Waals surface area contributed by atoms with Crippen molar-refractivity contribution in [1.82, 2.24) is 4.98 Å². The van der Waals surface area contributed by atoms with E-state index < -0.39 is 0 Å². The van der Waals surface area contributed by atoms with Gasteiger partial charge in [-0.3, -0.25) is 4.98 Å². The molecule has 1 aromatic heterocycles. The maximum absolute atomic E-state index is 11.5. The number of methoxy groups -OCH3 is 1. The molecule has 23 heavy (non-hydrogen) atoms. The van der Waals surface area contributed by atoms with Crippen LogP contribution in [0.25, 0.3) is 11.3 Å². The Labute approximate surface area is 134 Å². The van der Waals surface area contributed by atoms with Crippen molar-refractivity contribution in [1.29, 1.82) is 0 Å². The number of carbonyl (C=O) groups is 1. The van der Waals surface area contributed by atoms with Gasteiger partial charge in [0.1, 0.15) is 0 Å². The summed E-state index contributed by atoms with van der Waals surface area (Å²) < 4.78 is 4.70. The molecule has 0 spiro atoms. The molecule has 0 bridgehead atoms. The van der Waals surface area contributed by atoms with Crippen LogP contribution in [0, 0.1) is 0 Å². The highest BCUT2D eigenvalue weighted by Crippen LogP contribution is 2.28. The quantitative estimate of drug-likeness (QED) is 0.731. The average Bonchev–Trinajstić information content (AvgIpc) is 2.63. The van der Waals surface area contributed by atoms with Gasteiger partial charge in [-0.2, -0.15) is 0 Å². The van der Waals surface area contributed by atoms with Crippen LogP contribution >= 0.6 is 0 Å². The van der Waals surface area contributed by atoms with E-state index in [0.29, 0.717) is 5.56 Å². The van der Waals surface area contributed by atoms with Crippen molar-refractivity contribution in [2.45, 2.75) is 0 Å². The maximum atomic E-state index is 11.5. The predicted molar refractivity (Wildman–Crippen MR) is 90.7 cm³/mol. The molecule has 2 aromatic carbocycles. The summed E-state index contributed by atoms with van der Waals surface area (Å²) >= 11 is 0. The SMILES string of the molecule is COC(=O)c1ccc(Nc2ccccc2-c2ccccn2)cc1. The summed E-state index contributed by atoms with van der Waals surface area (Å²) in [6.45, 7) is 0. The molecule has 0 saturated carbocycles. The van der Waals surface area contributed by atoms with Crippen molar-refractivity contribution >= 4 is 17.3 Å². The van der Waals surface area contributed by atoms with E-state index >= 15 is 0 Å². The monoisotopic (exact) mass is 304 g/mol. The second-order valence-electron chi connectivity index (χ2n) is 4.95. The summed E-state index contributed by atoms with van der Waals surface area (Å²) in [4.78, 5) is 15.9. The highest BCUT2D eigenvalue weighted by molar-refractivity contribution is 5.90. The van der Waals surface area contributed by atoms with Crippen LogP contribution in [0.4, 0.5) is 11.4 Å². The standard InChI is InChI=1S/C19H16N2O2/c1-23-19(22)14-9-11-15(12-10-14)21-18-8-3-2-6-16(18)17-7-4-5-13-20-17/h2-13,21H,1H3. The summed E-state index contributed by atoms with van der Waals surface area (Å²) in [5.74, 6) is -0.342. The van der Waals surface area contributed by atoms with Gasteiger partial charge in [0, 0.05) is 23.1 Å². The number of nitrogens with zero attached hydrogens (tertiary/aromatic N) is 1. The van der Waals surface area contributed by atoms with Crippen LogP contribution in [0.15, 0.2) is 72.9 Å². The smallest absolute Gasteiger partial charge is 0.337 e. The van der Waals surface area contributed by atoms with Crippen LogP contribution < -0.4 is 5.32 Å². The second kappa shape index (κ2) is 6.75. The van der Waals surface area contributed by atoms with E-state index in [1.54, 1.807) is 18.3 Å². The van der Waals surface area contributed by atoms with Gasteiger partial charge >= 0.3 is 5.97 Å². The third-order valence-corrected chi connectivity index (χ3v) is 3.45. The normalized spacial score (nSPS) is 10.1. The number of nitrogens with one attached hydrogen (secondary N) is 1. The Morgan fingerprint density at radius 1 is 0.957 bits per heavy atom. The van der Waals surface area contributed by atoms with E-state index in [2.05, 4.69) is 10.3 Å². The highest BCUT2D eigenvalue weighted by Gasteiger charge is 2.07. The number of ether oxygens (including phenoxy) is 1. The van der Waals surface area contributed by atoms with Crippen molar-refractivity contribution in [2.75, 3.05) is 12.4 Å². The maximum Gasteiger partial charge on any atom is 0.337 e. The van der Waals surface area contributed by atoms with E-state index in [-0.39, 0.29) is 5.97 Å². The van der Waals surface area contributed by atoms with Gasteiger partial charge in [-0.05, 0) is 42.5 Å². The molecule has 0 fully saturated rings. The summed E-state index contributed by atoms with van der Waals surface area (Å²) in [5.41, 5.74) is 4.29. The minimum atomic E-state index is -0.342. The lowest BCUT2D eigenvalue weighted by molar-refractivity contribution is 0.0601. The molecule has 0 amide bonds. The number of hydrogen-bond donors (Lipinski definition) is 1. The molecule has 1 N–H and O–H groups in total. The number of anilines is 2. The largest absolute Gasteiger partial charge is 0.465 e. The van der Waals surface area contributed by atoms with Crippen LogP contribution in [0.3, 0.4) is 0 Å². The average molecular weight is 304 g/mol. The predicted octanol–water partition coefficient (Wildman–Crippen LogP) is 4.28. The van der Waals surface area contributed by atoms with E-state index in [1.807, 2.05) is 54.6 Å². The lowest BCUT2D eigenvalue weighted by atomic mass is 10.1. The minimum absolute atomic E-state index is 0.342. The van der Waals surface area contributed by atoms with Crippen LogP contribution in [-0.2, 0) is 4.74 Å². The number of hydrogen-bond acceptors (Lipinski definition) is 4. The van der Waals surface area contributed by atoms with Crippen LogP contribution in [0.1, 0.15) is 10.4 Å². The van der Waals surface area contributed by atoms with E-state index in [1.165, 1.54) is 7.11 Å². The van der Waals surface area contributed by atoms with Gasteiger partial charge in [0.2, 0.25) is 0 Å². The van der Waals surface area contributed by atoms with Gasteiger partial charge in [0.25, 0.3) is 0 Å². The topological polar surface area (TPSA) is 51.2 Å². The first-order valence-electron chi connectivity index (χ1n) is 7.24. The van der Waals surface area contributed by atoms with Crippen molar-refractivity contribution in [3.05, 3.63) is 78.5 Å². The molecule has 4 nitrogen and oxygen atoms in total. The number of esters is 1. The van der Waals surface area contributed by atoms with Gasteiger partial charge in [-0.25, -0.2) is 4.79 Å². The van der Waals surface area contributed by atoms with E-state index in [4.69, 9.17) is 4.74 Å². The Hall–Kier alpha value is -3.14. The van der Waals surface area contributed by atoms with Crippen molar-refractivity contribution in [3.8, 4) is 11.3 Å². The molecule has 0 aliphatic heterocycles. The molecule has 0 saturated heterocycles. The summed E-state index contributed by atoms with van der Waals surface area (Å²) in [7, 11) is 1.37. The summed E-state index contributed by atoms with van der Waals surface area (Å²) in [5, 5.41) is 3.36. The van der Waals surface area contributed by atoms with Crippen LogP contribution in [0.2, 0.25) is 0 Å². The second-order valence-corrected chi connectivity index (χ2v) is 4.95. The molecule has 4 heteroatoms. The molecule has 0 unspecified atom stereocenters. The molecule has 0 aliphatic rings. The zero-order valence-corrected chi connectivity index (χ0v) is 12.7. The zero-order chi connectivity index (χ0) is 16.1. The van der Waals surface area contributed by atoms with Crippen molar-refractivity contribution in [2.24, 2.45) is 0 Å². The number of para-hydroxylation sites is 1. The third-order valence-electron chi connectivity index (χ3n) is 3.45. The lowest BCUT2D eigenvalue weighted by Crippen LogP contribution is -2.01. The number of carbonyl (C=O) groups excluding carboxylic acids is 1. The molecule has 114 valence electrons. The van der Waals surface area contributed by atoms with E-state index in [9.17, 15) is 4.79 Å². The first-order valence-corrected chi connectivity index (χ1v) is 7.24. The van der Waals surface area contributed by atoms with Gasteiger partial charge in [0.15, 0.2) is 0 Å². The first-order chi connectivity index (χ1) is 11.3. The van der Waals surface area contributed by atoms with Crippen molar-refractivity contribution in [3.63, 3.8) is 0 Å². The Balaban J connectivity index is 1.88. The van der Waals surface area contributed by atoms with Crippen molar-refractivity contribution < 1.29 is 9.53 Å². The molecule has 0 atom stereocenters. The fourth-order valence-electron chi connectivity index (χ4n) is 2.30. The number of pyridine rings is 1. The fraction of sp³-hybridized carbons (Fsp3) is 0.0526. The molecule has 1 heterocycles. The zero-order valence-electron chi connectivity index (χ0n) is 12.7. The summed E-state index contributed by atoms with van der Waals surface area (Å²) in [6.07, 6.45) is 1.78. The van der Waals surface area contributed by atoms with Gasteiger partial charge < -0.3 is 10.1 Å². The highest BCUT2D eigenvalue weighted by atomic mass is 16.5. The van der Waals surface area contributed by atoms with Crippen LogP contribution in [-0.4, -0.2) is 18.1 Å². The Morgan fingerprint density at radius 3 is 2.39 bits per heavy atom. The molecular weight excluding hydrogens is 288 g/mol. The molecule has 3 rings (SSSR count). The van der Waals surface area contributed by atoms with Crippen LogP contribution in [0.5, 0.6) is 0 Å². The van der Waals surface area contributed by atoms with Gasteiger partial charge in [-0.1, -0.05) is 24.3 Å². The Morgan fingerprint density at radius 2 is 1.70 bits per heavy atom. The fourth-order valence-corrected chi connectivity index (χ4v) is 2.30. The number of rotatable bonds is 4. The number of benzene rings is 2. The van der Waals surface area contributed by atoms with E-state index in [0.717, 1.165) is 22.6 Å². The lowest BCUT2D eigenvalue weighted by Gasteiger charge is -2.12. The molecular formula is C19H16N2O2. The number of aromatic nitrogens is 1. The van der Waals surface area contributed by atoms with Gasteiger partial charge in [-0.15, -0.1) is 0 Å². The molecule has 0 aliphatic carbocycles. The Kier molecular flexibility index (Phi) is 4.34. The Bertz CT molecular complexity index is 799. The minimum Gasteiger partial charge on any atom is -0.465 e. The molecule has 0 radical (unpaired) electrons. The summed E-state index contributed by atoms with van der Waals surface area (Å²) in [6, 6.07) is 21.0.